The molecular formula is C14H20ClN3O2. The van der Waals surface area contributed by atoms with Crippen LogP contribution >= 0.6 is 11.6 Å². The van der Waals surface area contributed by atoms with Gasteiger partial charge in [0.25, 0.3) is 0 Å². The molecule has 1 amide bonds. The van der Waals surface area contributed by atoms with E-state index in [1.54, 1.807) is 23.2 Å². The Hall–Kier alpha value is -1.33. The van der Waals surface area contributed by atoms with E-state index in [0.29, 0.717) is 23.3 Å². The molecule has 2 rings (SSSR count). The number of carbonyl (C=O) groups excluding carboxylic acids is 1. The number of hydrogen-bond donors (Lipinski definition) is 2. The SMILES string of the molecule is CN(CC(=O)NCC1CCC(O)C1)c1ccc(Cl)cn1. The number of nitrogens with one attached hydrogen (secondary N) is 1. The molecule has 0 saturated heterocycles. The monoisotopic (exact) mass is 297 g/mol. The van der Waals surface area contributed by atoms with Crippen LogP contribution in [0.5, 0.6) is 0 Å². The van der Waals surface area contributed by atoms with Gasteiger partial charge in [-0.25, -0.2) is 4.98 Å². The largest absolute Gasteiger partial charge is 0.393 e. The predicted molar refractivity (Wildman–Crippen MR) is 78.9 cm³/mol. The lowest BCUT2D eigenvalue weighted by Crippen LogP contribution is -2.37. The van der Waals surface area contributed by atoms with Gasteiger partial charge < -0.3 is 15.3 Å². The average molecular weight is 298 g/mol. The lowest BCUT2D eigenvalue weighted by molar-refractivity contribution is -0.119. The summed E-state index contributed by atoms with van der Waals surface area (Å²) < 4.78 is 0. The van der Waals surface area contributed by atoms with Gasteiger partial charge in [-0.05, 0) is 37.3 Å². The Kier molecular flexibility index (Phi) is 5.20. The van der Waals surface area contributed by atoms with Gasteiger partial charge in [0.05, 0.1) is 17.7 Å². The second-order valence-corrected chi connectivity index (χ2v) is 5.76. The van der Waals surface area contributed by atoms with Crippen LogP contribution in [0.2, 0.25) is 5.02 Å². The number of anilines is 1. The highest BCUT2D eigenvalue weighted by Crippen LogP contribution is 2.24. The number of rotatable bonds is 5. The Morgan fingerprint density at radius 3 is 2.95 bits per heavy atom. The predicted octanol–water partition coefficient (Wildman–Crippen LogP) is 1.45. The number of hydrogen-bond acceptors (Lipinski definition) is 4. The number of aromatic nitrogens is 1. The topological polar surface area (TPSA) is 65.5 Å². The third-order valence-electron chi connectivity index (χ3n) is 3.59. The molecule has 1 aromatic heterocycles. The highest BCUT2D eigenvalue weighted by Gasteiger charge is 2.23. The lowest BCUT2D eigenvalue weighted by Gasteiger charge is -2.18. The van der Waals surface area contributed by atoms with E-state index in [-0.39, 0.29) is 18.6 Å². The maximum Gasteiger partial charge on any atom is 0.239 e. The van der Waals surface area contributed by atoms with Crippen molar-refractivity contribution in [2.75, 3.05) is 25.0 Å². The minimum absolute atomic E-state index is 0.0364. The Morgan fingerprint density at radius 2 is 2.35 bits per heavy atom. The summed E-state index contributed by atoms with van der Waals surface area (Å²) in [6, 6.07) is 3.53. The van der Waals surface area contributed by atoms with Crippen molar-refractivity contribution in [3.05, 3.63) is 23.4 Å². The smallest absolute Gasteiger partial charge is 0.239 e. The summed E-state index contributed by atoms with van der Waals surface area (Å²) in [6.07, 6.45) is 3.98. The standard InChI is InChI=1S/C14H20ClN3O2/c1-18(13-5-3-11(15)8-16-13)9-14(20)17-7-10-2-4-12(19)6-10/h3,5,8,10,12,19H,2,4,6-7,9H2,1H3,(H,17,20). The molecule has 2 atom stereocenters. The van der Waals surface area contributed by atoms with Crippen LogP contribution in [0.25, 0.3) is 0 Å². The first-order chi connectivity index (χ1) is 9.54. The Balaban J connectivity index is 1.75. The van der Waals surface area contributed by atoms with Crippen LogP contribution in [0.3, 0.4) is 0 Å². The summed E-state index contributed by atoms with van der Waals surface area (Å²) >= 11 is 5.78. The number of likely N-dealkylation sites (N-methyl/N-ethyl adjacent to an activating group) is 1. The summed E-state index contributed by atoms with van der Waals surface area (Å²) in [4.78, 5) is 17.8. The van der Waals surface area contributed by atoms with Crippen LogP contribution < -0.4 is 10.2 Å². The van der Waals surface area contributed by atoms with Gasteiger partial charge in [-0.1, -0.05) is 11.6 Å². The molecule has 1 aromatic rings. The fourth-order valence-electron chi connectivity index (χ4n) is 2.44. The van der Waals surface area contributed by atoms with Gasteiger partial charge >= 0.3 is 0 Å². The molecule has 20 heavy (non-hydrogen) atoms. The maximum atomic E-state index is 11.9. The minimum Gasteiger partial charge on any atom is -0.393 e. The molecule has 0 aliphatic heterocycles. The zero-order valence-corrected chi connectivity index (χ0v) is 12.3. The summed E-state index contributed by atoms with van der Waals surface area (Å²) in [5.41, 5.74) is 0. The zero-order chi connectivity index (χ0) is 14.5. The molecule has 1 fully saturated rings. The molecule has 2 unspecified atom stereocenters. The van der Waals surface area contributed by atoms with Crippen LogP contribution in [-0.4, -0.2) is 42.2 Å². The van der Waals surface area contributed by atoms with Gasteiger partial charge in [0.1, 0.15) is 5.82 Å². The molecule has 0 aromatic carbocycles. The van der Waals surface area contributed by atoms with Gasteiger partial charge in [0, 0.05) is 19.8 Å². The highest BCUT2D eigenvalue weighted by molar-refractivity contribution is 6.30. The highest BCUT2D eigenvalue weighted by atomic mass is 35.5. The van der Waals surface area contributed by atoms with E-state index < -0.39 is 0 Å². The van der Waals surface area contributed by atoms with Crippen molar-refractivity contribution < 1.29 is 9.90 Å². The number of aliphatic hydroxyl groups is 1. The third kappa shape index (κ3) is 4.35. The molecular weight excluding hydrogens is 278 g/mol. The molecule has 1 saturated carbocycles. The number of halogens is 1. The first kappa shape index (κ1) is 15.1. The van der Waals surface area contributed by atoms with Crippen molar-refractivity contribution in [3.63, 3.8) is 0 Å². The first-order valence-electron chi connectivity index (χ1n) is 6.82. The summed E-state index contributed by atoms with van der Waals surface area (Å²) in [5.74, 6) is 1.07. The molecule has 5 nitrogen and oxygen atoms in total. The van der Waals surface area contributed by atoms with E-state index in [2.05, 4.69) is 10.3 Å². The Labute approximate surface area is 123 Å². The summed E-state index contributed by atoms with van der Waals surface area (Å²) in [5, 5.41) is 12.9. The Bertz CT molecular complexity index is 452. The summed E-state index contributed by atoms with van der Waals surface area (Å²) in [7, 11) is 1.81. The number of nitrogens with zero attached hydrogens (tertiary/aromatic N) is 2. The van der Waals surface area contributed by atoms with Crippen molar-refractivity contribution in [1.82, 2.24) is 10.3 Å². The van der Waals surface area contributed by atoms with Crippen molar-refractivity contribution in [1.29, 1.82) is 0 Å². The second-order valence-electron chi connectivity index (χ2n) is 5.33. The fourth-order valence-corrected chi connectivity index (χ4v) is 2.55. The van der Waals surface area contributed by atoms with E-state index in [0.717, 1.165) is 19.3 Å². The van der Waals surface area contributed by atoms with E-state index in [1.165, 1.54) is 0 Å². The van der Waals surface area contributed by atoms with Crippen molar-refractivity contribution in [2.24, 2.45) is 5.92 Å². The zero-order valence-electron chi connectivity index (χ0n) is 11.6. The molecule has 0 bridgehead atoms. The molecule has 0 spiro atoms. The van der Waals surface area contributed by atoms with Crippen molar-refractivity contribution in [2.45, 2.75) is 25.4 Å². The van der Waals surface area contributed by atoms with Crippen molar-refractivity contribution in [3.8, 4) is 0 Å². The number of amides is 1. The maximum absolute atomic E-state index is 11.9. The first-order valence-corrected chi connectivity index (χ1v) is 7.20. The third-order valence-corrected chi connectivity index (χ3v) is 3.81. The van der Waals surface area contributed by atoms with Crippen LogP contribution in [0, 0.1) is 5.92 Å². The van der Waals surface area contributed by atoms with Crippen LogP contribution in [0.15, 0.2) is 18.3 Å². The fraction of sp³-hybridized carbons (Fsp3) is 0.571. The number of carbonyl (C=O) groups is 1. The molecule has 110 valence electrons. The van der Waals surface area contributed by atoms with Crippen molar-refractivity contribution >= 4 is 23.3 Å². The number of pyridine rings is 1. The van der Waals surface area contributed by atoms with Gasteiger partial charge in [0.15, 0.2) is 0 Å². The quantitative estimate of drug-likeness (QED) is 0.863. The number of aliphatic hydroxyl groups excluding tert-OH is 1. The lowest BCUT2D eigenvalue weighted by atomic mass is 10.1. The summed E-state index contributed by atoms with van der Waals surface area (Å²) in [6.45, 7) is 0.891. The minimum atomic E-state index is -0.196. The molecule has 1 heterocycles. The molecule has 0 radical (unpaired) electrons. The molecule has 1 aliphatic rings. The molecule has 2 N–H and O–H groups in total. The van der Waals surface area contributed by atoms with Gasteiger partial charge in [-0.15, -0.1) is 0 Å². The average Bonchev–Trinajstić information content (AvgIpc) is 2.83. The van der Waals surface area contributed by atoms with Crippen LogP contribution in [0.1, 0.15) is 19.3 Å². The van der Waals surface area contributed by atoms with Crippen LogP contribution in [0.4, 0.5) is 5.82 Å². The van der Waals surface area contributed by atoms with E-state index in [1.807, 2.05) is 7.05 Å². The second kappa shape index (κ2) is 6.90. The van der Waals surface area contributed by atoms with Gasteiger partial charge in [0.2, 0.25) is 5.91 Å². The molecule has 1 aliphatic carbocycles. The van der Waals surface area contributed by atoms with E-state index in [4.69, 9.17) is 11.6 Å². The molecule has 6 heteroatoms. The van der Waals surface area contributed by atoms with E-state index >= 15 is 0 Å². The Morgan fingerprint density at radius 1 is 1.55 bits per heavy atom. The van der Waals surface area contributed by atoms with Crippen LogP contribution in [-0.2, 0) is 4.79 Å². The van der Waals surface area contributed by atoms with E-state index in [9.17, 15) is 9.90 Å². The van der Waals surface area contributed by atoms with Gasteiger partial charge in [-0.2, -0.15) is 0 Å². The normalized spacial score (nSPS) is 21.8. The van der Waals surface area contributed by atoms with Gasteiger partial charge in [-0.3, -0.25) is 4.79 Å².